The van der Waals surface area contributed by atoms with Crippen LogP contribution in [-0.4, -0.2) is 51.4 Å². The van der Waals surface area contributed by atoms with Gasteiger partial charge in [-0.3, -0.25) is 9.69 Å². The van der Waals surface area contributed by atoms with E-state index in [2.05, 4.69) is 0 Å². The molecule has 1 aromatic carbocycles. The maximum atomic E-state index is 12.8. The second-order valence-electron chi connectivity index (χ2n) is 6.12. The second-order valence-corrected chi connectivity index (χ2v) is 8.78. The van der Waals surface area contributed by atoms with Crippen LogP contribution in [0.15, 0.2) is 45.7 Å². The first kappa shape index (κ1) is 21.5. The Bertz CT molecular complexity index is 951. The van der Waals surface area contributed by atoms with Gasteiger partial charge >= 0.3 is 5.97 Å². The molecule has 1 fully saturated rings. The van der Waals surface area contributed by atoms with Crippen LogP contribution in [0.5, 0.6) is 5.75 Å². The Morgan fingerprint density at radius 3 is 2.69 bits per heavy atom. The van der Waals surface area contributed by atoms with Gasteiger partial charge in [0.1, 0.15) is 27.6 Å². The largest absolute Gasteiger partial charge is 0.497 e. The number of carbonyl (C=O) groups excluding carboxylic acids is 1. The van der Waals surface area contributed by atoms with Crippen molar-refractivity contribution in [3.8, 4) is 17.1 Å². The van der Waals surface area contributed by atoms with E-state index < -0.39 is 17.9 Å². The molecule has 9 heteroatoms. The topological polar surface area (TPSA) is 80.0 Å². The zero-order valence-electron chi connectivity index (χ0n) is 15.8. The van der Waals surface area contributed by atoms with E-state index in [1.165, 1.54) is 16.7 Å². The van der Waals surface area contributed by atoms with Crippen molar-refractivity contribution in [3.05, 3.63) is 47.1 Å². The van der Waals surface area contributed by atoms with Crippen molar-refractivity contribution in [2.75, 3.05) is 19.1 Å². The highest BCUT2D eigenvalue weighted by molar-refractivity contribution is 8.26. The van der Waals surface area contributed by atoms with Crippen LogP contribution in [0.1, 0.15) is 12.2 Å². The SMILES string of the molecule is COc1ccc(-c2ccc(/C=C3\SC(=S)N(C(CCSC)C(=O)O)C3=O)o2)cc1. The number of amides is 1. The minimum atomic E-state index is -1.06. The molecule has 0 saturated carbocycles. The molecule has 2 aromatic rings. The van der Waals surface area contributed by atoms with Gasteiger partial charge in [-0.1, -0.05) is 24.0 Å². The van der Waals surface area contributed by atoms with Gasteiger partial charge in [-0.25, -0.2) is 4.79 Å². The molecule has 1 amide bonds. The Morgan fingerprint density at radius 1 is 1.34 bits per heavy atom. The van der Waals surface area contributed by atoms with Crippen LogP contribution >= 0.6 is 35.7 Å². The van der Waals surface area contributed by atoms with E-state index in [-0.39, 0.29) is 4.32 Å². The lowest BCUT2D eigenvalue weighted by atomic mass is 10.2. The first-order valence-corrected chi connectivity index (χ1v) is 11.3. The normalized spacial score (nSPS) is 16.5. The number of benzene rings is 1. The van der Waals surface area contributed by atoms with Crippen molar-refractivity contribution in [2.24, 2.45) is 0 Å². The van der Waals surface area contributed by atoms with Crippen molar-refractivity contribution < 1.29 is 23.8 Å². The number of rotatable bonds is 8. The lowest BCUT2D eigenvalue weighted by Gasteiger charge is -2.22. The molecular weight excluding hydrogens is 430 g/mol. The quantitative estimate of drug-likeness (QED) is 0.470. The average molecular weight is 450 g/mol. The van der Waals surface area contributed by atoms with Gasteiger partial charge in [-0.2, -0.15) is 11.8 Å². The highest BCUT2D eigenvalue weighted by Gasteiger charge is 2.40. The summed E-state index contributed by atoms with van der Waals surface area (Å²) in [7, 11) is 1.60. The number of carboxylic acid groups (broad SMARTS) is 1. The molecule has 0 radical (unpaired) electrons. The van der Waals surface area contributed by atoms with E-state index in [0.29, 0.717) is 28.6 Å². The van der Waals surface area contributed by atoms with Crippen LogP contribution in [0.3, 0.4) is 0 Å². The Hall–Kier alpha value is -2.23. The summed E-state index contributed by atoms with van der Waals surface area (Å²) in [6, 6.07) is 10.0. The number of furan rings is 1. The Morgan fingerprint density at radius 2 is 2.07 bits per heavy atom. The summed E-state index contributed by atoms with van der Waals surface area (Å²) in [6.45, 7) is 0. The minimum absolute atomic E-state index is 0.247. The molecule has 0 aliphatic carbocycles. The molecule has 1 aliphatic rings. The molecule has 6 nitrogen and oxygen atoms in total. The van der Waals surface area contributed by atoms with Crippen LogP contribution in [0.2, 0.25) is 0 Å². The van der Waals surface area contributed by atoms with Gasteiger partial charge in [0.05, 0.1) is 12.0 Å². The van der Waals surface area contributed by atoms with Gasteiger partial charge in [0.2, 0.25) is 0 Å². The fourth-order valence-electron chi connectivity index (χ4n) is 2.81. The molecule has 0 spiro atoms. The molecule has 29 heavy (non-hydrogen) atoms. The summed E-state index contributed by atoms with van der Waals surface area (Å²) in [5.41, 5.74) is 0.876. The molecular formula is C20H19NO5S3. The third-order valence-corrected chi connectivity index (χ3v) is 6.26. The Labute approximate surface area is 182 Å². The molecule has 1 aromatic heterocycles. The third-order valence-electron chi connectivity index (χ3n) is 4.29. The van der Waals surface area contributed by atoms with Crippen LogP contribution in [0, 0.1) is 0 Å². The number of thioether (sulfide) groups is 2. The average Bonchev–Trinajstić information content (AvgIpc) is 3.28. The van der Waals surface area contributed by atoms with Crippen molar-refractivity contribution >= 4 is 58.0 Å². The van der Waals surface area contributed by atoms with Crippen molar-refractivity contribution in [2.45, 2.75) is 12.5 Å². The molecule has 2 heterocycles. The highest BCUT2D eigenvalue weighted by atomic mass is 32.2. The van der Waals surface area contributed by atoms with Gasteiger partial charge in [0, 0.05) is 11.6 Å². The maximum absolute atomic E-state index is 12.8. The number of carboxylic acids is 1. The zero-order chi connectivity index (χ0) is 21.0. The monoisotopic (exact) mass is 449 g/mol. The number of methoxy groups -OCH3 is 1. The molecule has 1 unspecified atom stereocenters. The fraction of sp³-hybridized carbons (Fsp3) is 0.250. The predicted molar refractivity (Wildman–Crippen MR) is 120 cm³/mol. The summed E-state index contributed by atoms with van der Waals surface area (Å²) >= 11 is 7.89. The second kappa shape index (κ2) is 9.51. The van der Waals surface area contributed by atoms with Crippen molar-refractivity contribution in [1.29, 1.82) is 0 Å². The van der Waals surface area contributed by atoms with E-state index >= 15 is 0 Å². The molecule has 1 saturated heterocycles. The molecule has 1 atom stereocenters. The molecule has 1 N–H and O–H groups in total. The first-order valence-electron chi connectivity index (χ1n) is 8.67. The van der Waals surface area contributed by atoms with Crippen molar-refractivity contribution in [3.63, 3.8) is 0 Å². The smallest absolute Gasteiger partial charge is 0.326 e. The number of ether oxygens (including phenoxy) is 1. The molecule has 152 valence electrons. The van der Waals surface area contributed by atoms with E-state index in [9.17, 15) is 14.7 Å². The summed E-state index contributed by atoms with van der Waals surface area (Å²) < 4.78 is 11.2. The number of hydrogen-bond acceptors (Lipinski definition) is 7. The van der Waals surface area contributed by atoms with Gasteiger partial charge in [-0.15, -0.1) is 0 Å². The van der Waals surface area contributed by atoms with E-state index in [1.807, 2.05) is 36.6 Å². The van der Waals surface area contributed by atoms with Gasteiger partial charge in [0.25, 0.3) is 5.91 Å². The van der Waals surface area contributed by atoms with E-state index in [4.69, 9.17) is 21.4 Å². The standard InChI is InChI=1S/C20H19NO5S3/c1-25-13-5-3-12(4-6-13)16-8-7-14(26-16)11-17-18(22)21(20(27)29-17)15(19(23)24)9-10-28-2/h3-8,11,15H,9-10H2,1-2H3,(H,23,24)/b17-11-. The Balaban J connectivity index is 1.80. The van der Waals surface area contributed by atoms with Crippen LogP contribution < -0.4 is 4.74 Å². The lowest BCUT2D eigenvalue weighted by Crippen LogP contribution is -2.44. The van der Waals surface area contributed by atoms with E-state index in [1.54, 1.807) is 19.3 Å². The summed E-state index contributed by atoms with van der Waals surface area (Å²) in [6.07, 6.45) is 3.82. The minimum Gasteiger partial charge on any atom is -0.497 e. The number of aliphatic carboxylic acids is 1. The van der Waals surface area contributed by atoms with Crippen LogP contribution in [0.25, 0.3) is 17.4 Å². The number of thiocarbonyl (C=S) groups is 1. The number of nitrogens with zero attached hydrogens (tertiary/aromatic N) is 1. The van der Waals surface area contributed by atoms with Crippen LogP contribution in [0.4, 0.5) is 0 Å². The van der Waals surface area contributed by atoms with Gasteiger partial charge in [-0.05, 0) is 54.8 Å². The van der Waals surface area contributed by atoms with Gasteiger partial charge < -0.3 is 14.3 Å². The molecule has 3 rings (SSSR count). The predicted octanol–water partition coefficient (Wildman–Crippen LogP) is 4.36. The number of carbonyl (C=O) groups is 2. The molecule has 0 bridgehead atoms. The first-order chi connectivity index (χ1) is 13.9. The van der Waals surface area contributed by atoms with Crippen molar-refractivity contribution in [1.82, 2.24) is 4.90 Å². The lowest BCUT2D eigenvalue weighted by molar-refractivity contribution is -0.145. The molecule has 1 aliphatic heterocycles. The maximum Gasteiger partial charge on any atom is 0.326 e. The Kier molecular flexibility index (Phi) is 7.05. The van der Waals surface area contributed by atoms with E-state index in [0.717, 1.165) is 23.1 Å². The fourth-order valence-corrected chi connectivity index (χ4v) is 4.61. The van der Waals surface area contributed by atoms with Crippen LogP contribution in [-0.2, 0) is 9.59 Å². The van der Waals surface area contributed by atoms with Gasteiger partial charge in [0.15, 0.2) is 0 Å². The number of hydrogen-bond donors (Lipinski definition) is 1. The summed E-state index contributed by atoms with van der Waals surface area (Å²) in [4.78, 5) is 26.0. The highest BCUT2D eigenvalue weighted by Crippen LogP contribution is 2.35. The summed E-state index contributed by atoms with van der Waals surface area (Å²) in [5.74, 6) is 1.05. The third kappa shape index (κ3) is 4.85. The zero-order valence-corrected chi connectivity index (χ0v) is 18.2. The summed E-state index contributed by atoms with van der Waals surface area (Å²) in [5, 5.41) is 9.52.